The monoisotopic (exact) mass is 747 g/mol. The van der Waals surface area contributed by atoms with Crippen LogP contribution in [-0.4, -0.2) is 64.9 Å². The second-order valence-electron chi connectivity index (χ2n) is 11.1. The zero-order valence-corrected chi connectivity index (χ0v) is 31.7. The normalized spacial score (nSPS) is 19.5. The van der Waals surface area contributed by atoms with Gasteiger partial charge in [0.1, 0.15) is 12.1 Å². The summed E-state index contributed by atoms with van der Waals surface area (Å²) >= 11 is 20.0. The van der Waals surface area contributed by atoms with E-state index >= 15 is 0 Å². The first kappa shape index (κ1) is 45.6. The largest absolute Gasteiger partial charge is 0.368 e. The molecule has 9 nitrogen and oxygen atoms in total. The molecule has 0 radical (unpaired) electrons. The van der Waals surface area contributed by atoms with Crippen LogP contribution in [0.4, 0.5) is 0 Å². The average molecular weight is 750 g/mol. The lowest BCUT2D eigenvalue weighted by atomic mass is 10.1. The summed E-state index contributed by atoms with van der Waals surface area (Å²) in [5.74, 6) is -0.206. The number of alkyl halides is 2. The summed E-state index contributed by atoms with van der Waals surface area (Å²) in [5.41, 5.74) is 12.5. The first-order chi connectivity index (χ1) is 22.9. The van der Waals surface area contributed by atoms with Gasteiger partial charge in [-0.05, 0) is 91.7 Å². The number of rotatable bonds is 13. The van der Waals surface area contributed by atoms with Crippen LogP contribution in [0.15, 0.2) is 60.7 Å². The third-order valence-electron chi connectivity index (χ3n) is 7.96. The van der Waals surface area contributed by atoms with Gasteiger partial charge in [0.25, 0.3) is 0 Å². The fourth-order valence-corrected chi connectivity index (χ4v) is 5.23. The molecule has 2 saturated carbocycles. The van der Waals surface area contributed by atoms with E-state index in [1.54, 1.807) is 0 Å². The van der Waals surface area contributed by atoms with Crippen molar-refractivity contribution < 1.29 is 19.2 Å². The van der Waals surface area contributed by atoms with Crippen molar-refractivity contribution >= 4 is 69.5 Å². The molecule has 6 N–H and O–H groups in total. The lowest BCUT2D eigenvalue weighted by Crippen LogP contribution is -2.44. The van der Waals surface area contributed by atoms with Crippen molar-refractivity contribution in [2.24, 2.45) is 23.3 Å². The molecule has 2 aromatic rings. The molecular formula is C35H53Cl4N5O4. The van der Waals surface area contributed by atoms with Gasteiger partial charge in [-0.2, -0.15) is 0 Å². The van der Waals surface area contributed by atoms with E-state index in [0.29, 0.717) is 18.8 Å². The maximum Gasteiger partial charge on any atom is 0.239 e. The Bertz CT molecular complexity index is 1180. The topological polar surface area (TPSA) is 148 Å². The summed E-state index contributed by atoms with van der Waals surface area (Å²) in [5, 5.41) is 2.72. The number of hydrogen-bond acceptors (Lipinski definition) is 6. The molecule has 4 rings (SSSR count). The van der Waals surface area contributed by atoms with Gasteiger partial charge >= 0.3 is 0 Å². The number of hydrogen-bond donors (Lipinski definition) is 4. The van der Waals surface area contributed by atoms with Crippen molar-refractivity contribution in [3.63, 3.8) is 0 Å². The average Bonchev–Trinajstić information content (AvgIpc) is 4.01. The van der Waals surface area contributed by atoms with Gasteiger partial charge in [0, 0.05) is 11.8 Å². The van der Waals surface area contributed by atoms with E-state index in [9.17, 15) is 19.2 Å². The fraction of sp³-hybridized carbons (Fsp3) is 0.543. The van der Waals surface area contributed by atoms with Gasteiger partial charge in [0.15, 0.2) is 0 Å². The first-order valence-corrected chi connectivity index (χ1v) is 18.1. The molecule has 2 aliphatic rings. The van der Waals surface area contributed by atoms with E-state index in [1.807, 2.05) is 74.5 Å². The number of nitrogens with two attached hydrogens (primary N) is 2. The zero-order chi connectivity index (χ0) is 36.6. The standard InChI is InChI=1S/C14H18N2O2.C10H9ClO.C6H15N.C4H9ClN2O.CH2Cl2/c1-2-12(13(15)17)16-14(18)11-8-10(11)9-6-4-3-5-7-9;11-10(12)9-6-8(9)7-4-2-1-3-5-7;1-4-7(5-2)6-3;1-2-3(7-5)4(6)8;2-1-3/h3-7,10-12H,2,8H2,1H3,(H2,15,17)(H,16,18);1-5,8-9H,6H2;4-6H2,1-3H3;3,7H,2H2,1H3,(H2,6,8);1H2/t10?,11-,12+;8?,9-;;3-;/m11.0./s1. The first-order valence-electron chi connectivity index (χ1n) is 16.3. The van der Waals surface area contributed by atoms with Gasteiger partial charge < -0.3 is 21.7 Å². The fourth-order valence-electron chi connectivity index (χ4n) is 4.72. The van der Waals surface area contributed by atoms with Crippen LogP contribution < -0.4 is 21.6 Å². The second-order valence-corrected chi connectivity index (χ2v) is 12.5. The predicted octanol–water partition coefficient (Wildman–Crippen LogP) is 6.49. The summed E-state index contributed by atoms with van der Waals surface area (Å²) in [6.45, 7) is 13.8. The van der Waals surface area contributed by atoms with Crippen molar-refractivity contribution in [3.05, 3.63) is 71.8 Å². The highest BCUT2D eigenvalue weighted by Gasteiger charge is 2.44. The molecule has 2 aliphatic carbocycles. The molecule has 13 heteroatoms. The third-order valence-corrected chi connectivity index (χ3v) is 8.50. The second kappa shape index (κ2) is 26.5. The maximum atomic E-state index is 11.9. The van der Waals surface area contributed by atoms with Crippen LogP contribution in [0.5, 0.6) is 0 Å². The molecule has 0 spiro atoms. The summed E-state index contributed by atoms with van der Waals surface area (Å²) in [6, 6.07) is 19.1. The Morgan fingerprint density at radius 1 is 0.729 bits per heavy atom. The van der Waals surface area contributed by atoms with Gasteiger partial charge in [0.2, 0.25) is 23.0 Å². The number of carbonyl (C=O) groups excluding carboxylic acids is 4. The number of nitrogens with zero attached hydrogens (tertiary/aromatic N) is 1. The van der Waals surface area contributed by atoms with E-state index in [4.69, 9.17) is 58.0 Å². The van der Waals surface area contributed by atoms with Crippen LogP contribution in [0.3, 0.4) is 0 Å². The minimum atomic E-state index is -0.547. The van der Waals surface area contributed by atoms with Crippen molar-refractivity contribution in [3.8, 4) is 0 Å². The SMILES string of the molecule is CCN(CC)CC.CC[C@H](NC(=O)[C@@H]1CC1c1ccccc1)C(N)=O.CC[C@H](NCl)C(N)=O.ClCCl.O=C(Cl)[C@@H]1CC1c1ccccc1. The van der Waals surface area contributed by atoms with Gasteiger partial charge in [-0.25, -0.2) is 4.84 Å². The quantitative estimate of drug-likeness (QED) is 0.105. The number of halogens is 4. The molecule has 6 atom stereocenters. The van der Waals surface area contributed by atoms with Crippen LogP contribution >= 0.6 is 46.6 Å². The Balaban J connectivity index is 0.000000639. The highest BCUT2D eigenvalue weighted by atomic mass is 35.5. The zero-order valence-electron chi connectivity index (χ0n) is 28.6. The lowest BCUT2D eigenvalue weighted by Gasteiger charge is -2.13. The molecule has 2 aromatic carbocycles. The molecule has 2 fully saturated rings. The Labute approximate surface area is 306 Å². The Morgan fingerprint density at radius 3 is 1.35 bits per heavy atom. The molecule has 0 aromatic heterocycles. The van der Waals surface area contributed by atoms with Crippen LogP contribution in [0.2, 0.25) is 0 Å². The molecule has 2 unspecified atom stereocenters. The number of amides is 3. The molecular weight excluding hydrogens is 696 g/mol. The van der Waals surface area contributed by atoms with Gasteiger partial charge in [-0.15, -0.1) is 23.2 Å². The highest BCUT2D eigenvalue weighted by molar-refractivity contribution is 6.64. The number of carbonyl (C=O) groups is 4. The van der Waals surface area contributed by atoms with Gasteiger partial charge in [0.05, 0.1) is 5.34 Å². The molecule has 0 saturated heterocycles. The number of benzene rings is 2. The molecule has 48 heavy (non-hydrogen) atoms. The van der Waals surface area contributed by atoms with Crippen LogP contribution in [0.25, 0.3) is 0 Å². The highest BCUT2D eigenvalue weighted by Crippen LogP contribution is 2.48. The van der Waals surface area contributed by atoms with E-state index < -0.39 is 23.9 Å². The lowest BCUT2D eigenvalue weighted by molar-refractivity contribution is -0.128. The molecule has 270 valence electrons. The smallest absolute Gasteiger partial charge is 0.239 e. The summed E-state index contributed by atoms with van der Waals surface area (Å²) in [6.07, 6.45) is 2.93. The summed E-state index contributed by atoms with van der Waals surface area (Å²) in [7, 11) is 0. The van der Waals surface area contributed by atoms with Crippen LogP contribution in [-0.2, 0) is 19.2 Å². The molecule has 0 bridgehead atoms. The summed E-state index contributed by atoms with van der Waals surface area (Å²) < 4.78 is 0. The summed E-state index contributed by atoms with van der Waals surface area (Å²) in [4.78, 5) is 48.6. The van der Waals surface area contributed by atoms with Crippen molar-refractivity contribution in [1.29, 1.82) is 0 Å². The van der Waals surface area contributed by atoms with Crippen molar-refractivity contribution in [2.75, 3.05) is 25.0 Å². The van der Waals surface area contributed by atoms with Crippen LogP contribution in [0.1, 0.15) is 83.3 Å². The minimum absolute atomic E-state index is 0.0131. The molecule has 0 heterocycles. The van der Waals surface area contributed by atoms with E-state index in [0.717, 1.165) is 12.8 Å². The van der Waals surface area contributed by atoms with Crippen LogP contribution in [0, 0.1) is 11.8 Å². The molecule has 3 amide bonds. The Morgan fingerprint density at radius 2 is 1.10 bits per heavy atom. The minimum Gasteiger partial charge on any atom is -0.368 e. The third kappa shape index (κ3) is 18.4. The maximum absolute atomic E-state index is 11.9. The van der Waals surface area contributed by atoms with Crippen molar-refractivity contribution in [1.82, 2.24) is 15.1 Å². The van der Waals surface area contributed by atoms with Crippen molar-refractivity contribution in [2.45, 2.75) is 84.2 Å². The number of primary amides is 2. The molecule has 0 aliphatic heterocycles. The number of nitrogens with one attached hydrogen (secondary N) is 2. The Kier molecular flexibility index (Phi) is 25.1. The van der Waals surface area contributed by atoms with Gasteiger partial charge in [-0.1, -0.05) is 95.3 Å². The van der Waals surface area contributed by atoms with E-state index in [1.165, 1.54) is 30.8 Å². The van der Waals surface area contributed by atoms with E-state index in [2.05, 4.69) is 35.8 Å². The van der Waals surface area contributed by atoms with Gasteiger partial charge in [-0.3, -0.25) is 19.2 Å². The Hall–Kier alpha value is -2.40. The predicted molar refractivity (Wildman–Crippen MR) is 199 cm³/mol. The van der Waals surface area contributed by atoms with E-state index in [-0.39, 0.29) is 34.2 Å².